The minimum absolute atomic E-state index is 0.0132. The predicted molar refractivity (Wildman–Crippen MR) is 224 cm³/mol. The highest BCUT2D eigenvalue weighted by Crippen LogP contribution is 2.38. The van der Waals surface area contributed by atoms with Crippen LogP contribution in [0.4, 0.5) is 0 Å². The molecule has 0 bridgehead atoms. The van der Waals surface area contributed by atoms with Gasteiger partial charge in [0.2, 0.25) is 0 Å². The van der Waals surface area contributed by atoms with Gasteiger partial charge in [-0.15, -0.1) is 0 Å². The summed E-state index contributed by atoms with van der Waals surface area (Å²) in [5.41, 5.74) is 0. The zero-order valence-electron chi connectivity index (χ0n) is 35.8. The summed E-state index contributed by atoms with van der Waals surface area (Å²) in [6.07, 6.45) is 35.5. The molecule has 0 amide bonds. The summed E-state index contributed by atoms with van der Waals surface area (Å²) in [5, 5.41) is 20.5. The first-order chi connectivity index (χ1) is 26.4. The fourth-order valence-electron chi connectivity index (χ4n) is 5.82. The van der Waals surface area contributed by atoms with Crippen LogP contribution < -0.4 is 4.89 Å². The van der Waals surface area contributed by atoms with Gasteiger partial charge in [0.1, 0.15) is 19.8 Å². The molecule has 0 rings (SSSR count). The zero-order valence-corrected chi connectivity index (χ0v) is 36.7. The van der Waals surface area contributed by atoms with E-state index < -0.39 is 32.1 Å². The fraction of sp³-hybridized carbons (Fsp3) is 0.841. The van der Waals surface area contributed by atoms with Gasteiger partial charge < -0.3 is 38.1 Å². The minimum Gasteiger partial charge on any atom is -0.756 e. The highest BCUT2D eigenvalue weighted by molar-refractivity contribution is 7.45. The SMILES string of the molecule is CCCCC/C=C\C[C@H](O)[C@@H](O)CCCCCCCC(=O)O[C@H](CO/C=C/CCCCCCCC/C=C\CCCCCC)COP(=O)([O-])OCC[N+](C)(C)C. The zero-order chi connectivity index (χ0) is 40.9. The average molecular weight is 802 g/mol. The number of phosphoric ester groups is 1. The number of allylic oxidation sites excluding steroid dienone is 4. The number of esters is 1. The number of ether oxygens (including phenoxy) is 2. The number of quaternary nitrogens is 1. The average Bonchev–Trinajstić information content (AvgIpc) is 3.13. The van der Waals surface area contributed by atoms with E-state index in [-0.39, 0.29) is 26.2 Å². The number of carbonyl (C=O) groups is 1. The number of likely N-dealkylation sites (N-methyl/N-ethyl adjacent to an activating group) is 1. The van der Waals surface area contributed by atoms with Gasteiger partial charge in [-0.3, -0.25) is 9.36 Å². The number of rotatable bonds is 40. The van der Waals surface area contributed by atoms with E-state index in [4.69, 9.17) is 18.5 Å². The smallest absolute Gasteiger partial charge is 0.306 e. The lowest BCUT2D eigenvalue weighted by atomic mass is 10.0. The number of hydrogen-bond acceptors (Lipinski definition) is 9. The van der Waals surface area contributed by atoms with E-state index in [0.717, 1.165) is 51.4 Å². The molecule has 0 aliphatic rings. The predicted octanol–water partition coefficient (Wildman–Crippen LogP) is 10.3. The van der Waals surface area contributed by atoms with Gasteiger partial charge in [0.05, 0.1) is 46.2 Å². The van der Waals surface area contributed by atoms with Crippen molar-refractivity contribution in [2.45, 2.75) is 193 Å². The van der Waals surface area contributed by atoms with Crippen molar-refractivity contribution in [3.63, 3.8) is 0 Å². The van der Waals surface area contributed by atoms with Crippen molar-refractivity contribution in [1.82, 2.24) is 0 Å². The Kier molecular flexibility index (Phi) is 35.8. The summed E-state index contributed by atoms with van der Waals surface area (Å²) < 4.78 is 34.2. The maximum absolute atomic E-state index is 12.7. The first kappa shape index (κ1) is 53.5. The number of phosphoric acid groups is 1. The third-order valence-corrected chi connectivity index (χ3v) is 10.4. The van der Waals surface area contributed by atoms with Crippen LogP contribution in [0.2, 0.25) is 0 Å². The summed E-state index contributed by atoms with van der Waals surface area (Å²) in [7, 11) is 1.22. The number of unbranched alkanes of at least 4 members (excludes halogenated alkanes) is 18. The topological polar surface area (TPSA) is 135 Å². The van der Waals surface area contributed by atoms with Gasteiger partial charge in [-0.1, -0.05) is 122 Å². The number of aliphatic hydroxyl groups is 2. The van der Waals surface area contributed by atoms with Gasteiger partial charge in [0.15, 0.2) is 6.10 Å². The Morgan fingerprint density at radius 1 is 0.655 bits per heavy atom. The Morgan fingerprint density at radius 2 is 1.16 bits per heavy atom. The molecule has 55 heavy (non-hydrogen) atoms. The summed E-state index contributed by atoms with van der Waals surface area (Å²) in [6.45, 7) is 4.47. The van der Waals surface area contributed by atoms with Gasteiger partial charge in [-0.2, -0.15) is 0 Å². The Hall–Kier alpha value is -1.52. The normalized spacial score (nSPS) is 15.2. The molecule has 0 aliphatic carbocycles. The molecule has 0 fully saturated rings. The summed E-state index contributed by atoms with van der Waals surface area (Å²) in [6, 6.07) is 0. The molecule has 0 heterocycles. The second-order valence-corrected chi connectivity index (χ2v) is 17.5. The summed E-state index contributed by atoms with van der Waals surface area (Å²) in [5.74, 6) is -0.437. The molecule has 0 saturated heterocycles. The van der Waals surface area contributed by atoms with Gasteiger partial charge in [-0.25, -0.2) is 0 Å². The molecule has 0 aromatic rings. The first-order valence-corrected chi connectivity index (χ1v) is 23.4. The number of carbonyl (C=O) groups excluding carboxylic acids is 1. The standard InChI is InChI=1S/C44H84NO9P/c1-6-8-10-12-14-15-16-17-18-19-20-21-22-23-28-32-37-51-39-41(40-53-55(49,50)52-38-36-45(3,4)5)54-44(48)35-31-27-24-26-30-34-43(47)42(46)33-29-25-13-11-9-7-2/h15-16,25,29,32,37,41-43,46-47H,6-14,17-24,26-28,30-31,33-36,38-40H2,1-5H3/b16-15-,29-25-,37-32+/t41-,42+,43+/m1/s1. The first-order valence-electron chi connectivity index (χ1n) is 21.9. The molecule has 0 radical (unpaired) electrons. The quantitative estimate of drug-likeness (QED) is 0.0155. The van der Waals surface area contributed by atoms with Crippen molar-refractivity contribution in [2.75, 3.05) is 47.5 Å². The molecule has 0 saturated carbocycles. The summed E-state index contributed by atoms with van der Waals surface area (Å²) in [4.78, 5) is 25.0. The van der Waals surface area contributed by atoms with Crippen LogP contribution in [0.1, 0.15) is 174 Å². The van der Waals surface area contributed by atoms with Crippen molar-refractivity contribution >= 4 is 13.8 Å². The Labute approximate surface area is 337 Å². The Bertz CT molecular complexity index is 1010. The lowest BCUT2D eigenvalue weighted by Gasteiger charge is -2.28. The monoisotopic (exact) mass is 802 g/mol. The molecule has 0 aromatic carbocycles. The molecular formula is C44H84NO9P. The van der Waals surface area contributed by atoms with Crippen LogP contribution in [0.25, 0.3) is 0 Å². The minimum atomic E-state index is -4.58. The molecule has 0 spiro atoms. The lowest BCUT2D eigenvalue weighted by Crippen LogP contribution is -2.37. The maximum Gasteiger partial charge on any atom is 0.306 e. The highest BCUT2D eigenvalue weighted by atomic mass is 31.2. The van der Waals surface area contributed by atoms with E-state index in [1.165, 1.54) is 83.5 Å². The summed E-state index contributed by atoms with van der Waals surface area (Å²) >= 11 is 0. The molecule has 1 unspecified atom stereocenters. The third-order valence-electron chi connectivity index (χ3n) is 9.43. The number of nitrogens with zero attached hydrogens (tertiary/aromatic N) is 1. The van der Waals surface area contributed by atoms with Gasteiger partial charge in [0.25, 0.3) is 7.82 Å². The second kappa shape index (κ2) is 36.8. The van der Waals surface area contributed by atoms with E-state index in [9.17, 15) is 24.5 Å². The molecule has 0 aliphatic heterocycles. The van der Waals surface area contributed by atoms with Crippen molar-refractivity contribution in [3.8, 4) is 0 Å². The second-order valence-electron chi connectivity index (χ2n) is 16.1. The van der Waals surface area contributed by atoms with Crippen molar-refractivity contribution in [2.24, 2.45) is 0 Å². The van der Waals surface area contributed by atoms with Crippen LogP contribution in [0, 0.1) is 0 Å². The van der Waals surface area contributed by atoms with E-state index in [1.54, 1.807) is 6.26 Å². The van der Waals surface area contributed by atoms with E-state index in [0.29, 0.717) is 30.3 Å². The van der Waals surface area contributed by atoms with Crippen LogP contribution in [-0.2, 0) is 27.9 Å². The molecular weight excluding hydrogens is 717 g/mol. The van der Waals surface area contributed by atoms with Gasteiger partial charge in [-0.05, 0) is 76.7 Å². The van der Waals surface area contributed by atoms with E-state index in [2.05, 4.69) is 32.1 Å². The van der Waals surface area contributed by atoms with E-state index >= 15 is 0 Å². The van der Waals surface area contributed by atoms with Crippen LogP contribution in [0.15, 0.2) is 36.6 Å². The lowest BCUT2D eigenvalue weighted by molar-refractivity contribution is -0.870. The van der Waals surface area contributed by atoms with Gasteiger partial charge >= 0.3 is 5.97 Å². The van der Waals surface area contributed by atoms with Crippen molar-refractivity contribution in [1.29, 1.82) is 0 Å². The molecule has 0 aromatic heterocycles. The molecule has 11 heteroatoms. The molecule has 10 nitrogen and oxygen atoms in total. The molecule has 324 valence electrons. The highest BCUT2D eigenvalue weighted by Gasteiger charge is 2.20. The van der Waals surface area contributed by atoms with Crippen molar-refractivity contribution < 1.29 is 47.5 Å². The van der Waals surface area contributed by atoms with Crippen LogP contribution in [0.3, 0.4) is 0 Å². The van der Waals surface area contributed by atoms with Gasteiger partial charge in [0, 0.05) is 6.42 Å². The van der Waals surface area contributed by atoms with Crippen LogP contribution in [-0.4, -0.2) is 86.5 Å². The Morgan fingerprint density at radius 3 is 1.78 bits per heavy atom. The van der Waals surface area contributed by atoms with Crippen LogP contribution >= 0.6 is 7.82 Å². The van der Waals surface area contributed by atoms with E-state index in [1.807, 2.05) is 33.3 Å². The maximum atomic E-state index is 12.7. The fourth-order valence-corrected chi connectivity index (χ4v) is 6.55. The third kappa shape index (κ3) is 39.1. The Balaban J connectivity index is 4.43. The van der Waals surface area contributed by atoms with Crippen molar-refractivity contribution in [3.05, 3.63) is 36.6 Å². The number of hydrogen-bond donors (Lipinski definition) is 2. The number of aliphatic hydroxyl groups excluding tert-OH is 2. The molecule has 4 atom stereocenters. The van der Waals surface area contributed by atoms with Crippen LogP contribution in [0.5, 0.6) is 0 Å². The molecule has 2 N–H and O–H groups in total. The largest absolute Gasteiger partial charge is 0.756 e.